The van der Waals surface area contributed by atoms with Crippen molar-refractivity contribution in [2.75, 3.05) is 26.3 Å². The van der Waals surface area contributed by atoms with E-state index < -0.39 is 10.7 Å². The van der Waals surface area contributed by atoms with Gasteiger partial charge in [-0.05, 0) is 18.6 Å². The van der Waals surface area contributed by atoms with Crippen molar-refractivity contribution < 1.29 is 14.4 Å². The second kappa shape index (κ2) is 5.90. The highest BCUT2D eigenvalue weighted by Crippen LogP contribution is 2.27. The summed E-state index contributed by atoms with van der Waals surface area (Å²) in [6, 6.07) is 3.83. The van der Waals surface area contributed by atoms with Crippen LogP contribution in [0.1, 0.15) is 11.3 Å². The van der Waals surface area contributed by atoms with Crippen molar-refractivity contribution in [3.05, 3.63) is 51.7 Å². The average molecular weight is 306 g/mol. The number of pyridine rings is 1. The molecule has 0 unspecified atom stereocenters. The molecule has 2 aliphatic heterocycles. The first kappa shape index (κ1) is 14.7. The third kappa shape index (κ3) is 3.02. The molecule has 8 nitrogen and oxygen atoms in total. The number of nitrogens with one attached hydrogen (secondary N) is 1. The minimum absolute atomic E-state index is 0.393. The first-order valence-electron chi connectivity index (χ1n) is 7.11. The van der Waals surface area contributed by atoms with E-state index >= 15 is 0 Å². The number of hydrogen-bond acceptors (Lipinski definition) is 7. The van der Waals surface area contributed by atoms with Gasteiger partial charge >= 0.3 is 0 Å². The number of nitrogens with zero attached hydrogens (tertiary/aromatic N) is 3. The molecule has 1 aromatic heterocycles. The first-order valence-corrected chi connectivity index (χ1v) is 7.11. The maximum Gasteiger partial charge on any atom is 0.274 e. The molecule has 118 valence electrons. The Morgan fingerprint density at radius 3 is 3.00 bits per heavy atom. The maximum atomic E-state index is 10.8. The van der Waals surface area contributed by atoms with E-state index in [1.807, 2.05) is 24.0 Å². The lowest BCUT2D eigenvalue weighted by molar-refractivity contribution is -0.405. The number of rotatable bonds is 3. The number of hydrogen-bond donors (Lipinski definition) is 1. The van der Waals surface area contributed by atoms with Crippen LogP contribution in [0.2, 0.25) is 0 Å². The Morgan fingerprint density at radius 2 is 2.32 bits per heavy atom. The van der Waals surface area contributed by atoms with E-state index in [4.69, 9.17) is 9.47 Å². The SMILES string of the molecule is Cc1cccnc1CN1CC2(CN/C1=C\[N+](=O)[O-])OCCO2. The number of aryl methyl sites for hydroxylation is 1. The van der Waals surface area contributed by atoms with Crippen LogP contribution in [-0.2, 0) is 16.0 Å². The molecule has 0 bridgehead atoms. The molecule has 0 radical (unpaired) electrons. The van der Waals surface area contributed by atoms with Crippen molar-refractivity contribution in [1.82, 2.24) is 15.2 Å². The maximum absolute atomic E-state index is 10.8. The zero-order chi connectivity index (χ0) is 15.6. The standard InChI is InChI=1S/C14H18N4O4/c1-11-3-2-4-15-12(11)7-17-10-14(21-5-6-22-14)9-16-13(17)8-18(19)20/h2-4,8,16H,5-7,9-10H2,1H3/b13-8+. The van der Waals surface area contributed by atoms with Gasteiger partial charge in [0.05, 0.1) is 43.5 Å². The minimum atomic E-state index is -0.739. The van der Waals surface area contributed by atoms with Crippen LogP contribution in [0.25, 0.3) is 0 Å². The van der Waals surface area contributed by atoms with Gasteiger partial charge in [0.2, 0.25) is 5.79 Å². The van der Waals surface area contributed by atoms with E-state index in [0.29, 0.717) is 38.7 Å². The molecule has 3 rings (SSSR count). The van der Waals surface area contributed by atoms with Gasteiger partial charge < -0.3 is 19.7 Å². The summed E-state index contributed by atoms with van der Waals surface area (Å²) in [4.78, 5) is 16.6. The Bertz CT molecular complexity index is 598. The molecular weight excluding hydrogens is 288 g/mol. The van der Waals surface area contributed by atoms with E-state index in [1.165, 1.54) is 0 Å². The molecule has 0 amide bonds. The third-order valence-electron chi connectivity index (χ3n) is 3.81. The van der Waals surface area contributed by atoms with Crippen LogP contribution in [0.15, 0.2) is 30.4 Å². The molecule has 2 saturated heterocycles. The fourth-order valence-corrected chi connectivity index (χ4v) is 2.69. The molecule has 1 aromatic rings. The van der Waals surface area contributed by atoms with Crippen LogP contribution in [0.4, 0.5) is 0 Å². The van der Waals surface area contributed by atoms with Crippen LogP contribution < -0.4 is 5.32 Å². The lowest BCUT2D eigenvalue weighted by atomic mass is 10.1. The second-order valence-corrected chi connectivity index (χ2v) is 5.38. The highest BCUT2D eigenvalue weighted by Gasteiger charge is 2.43. The molecule has 1 N–H and O–H groups in total. The third-order valence-corrected chi connectivity index (χ3v) is 3.81. The van der Waals surface area contributed by atoms with Gasteiger partial charge in [0, 0.05) is 6.20 Å². The topological polar surface area (TPSA) is 89.8 Å². The van der Waals surface area contributed by atoms with Gasteiger partial charge in [-0.2, -0.15) is 0 Å². The molecule has 1 spiro atoms. The van der Waals surface area contributed by atoms with E-state index in [2.05, 4.69) is 10.3 Å². The molecule has 0 aliphatic carbocycles. The average Bonchev–Trinajstić information content (AvgIpc) is 2.92. The zero-order valence-corrected chi connectivity index (χ0v) is 12.3. The molecule has 3 heterocycles. The van der Waals surface area contributed by atoms with Crippen molar-refractivity contribution in [3.63, 3.8) is 0 Å². The summed E-state index contributed by atoms with van der Waals surface area (Å²) in [7, 11) is 0. The van der Waals surface area contributed by atoms with Crippen LogP contribution in [0.5, 0.6) is 0 Å². The van der Waals surface area contributed by atoms with Gasteiger partial charge in [0.15, 0.2) is 5.82 Å². The van der Waals surface area contributed by atoms with Crippen molar-refractivity contribution in [1.29, 1.82) is 0 Å². The quantitative estimate of drug-likeness (QED) is 0.646. The zero-order valence-electron chi connectivity index (χ0n) is 12.3. The fraction of sp³-hybridized carbons (Fsp3) is 0.500. The summed E-state index contributed by atoms with van der Waals surface area (Å²) in [6.45, 7) is 4.31. The van der Waals surface area contributed by atoms with Crippen LogP contribution in [0, 0.1) is 17.0 Å². The van der Waals surface area contributed by atoms with Crippen LogP contribution >= 0.6 is 0 Å². The number of ether oxygens (including phenoxy) is 2. The second-order valence-electron chi connectivity index (χ2n) is 5.38. The first-order chi connectivity index (χ1) is 10.6. The summed E-state index contributed by atoms with van der Waals surface area (Å²) in [5, 5.41) is 13.9. The van der Waals surface area contributed by atoms with Gasteiger partial charge in [-0.15, -0.1) is 0 Å². The summed E-state index contributed by atoms with van der Waals surface area (Å²) in [5.41, 5.74) is 1.91. The lowest BCUT2D eigenvalue weighted by Gasteiger charge is -2.40. The van der Waals surface area contributed by atoms with Crippen molar-refractivity contribution >= 4 is 0 Å². The van der Waals surface area contributed by atoms with Gasteiger partial charge in [-0.3, -0.25) is 15.1 Å². The van der Waals surface area contributed by atoms with E-state index in [-0.39, 0.29) is 0 Å². The Balaban J connectivity index is 1.84. The molecule has 8 heteroatoms. The van der Waals surface area contributed by atoms with Gasteiger partial charge in [0.1, 0.15) is 0 Å². The van der Waals surface area contributed by atoms with E-state index in [1.54, 1.807) is 6.20 Å². The summed E-state index contributed by atoms with van der Waals surface area (Å²) < 4.78 is 11.4. The van der Waals surface area contributed by atoms with Gasteiger partial charge in [0.25, 0.3) is 6.20 Å². The predicted octanol–water partition coefficient (Wildman–Crippen LogP) is 0.614. The number of aromatic nitrogens is 1. The molecule has 0 atom stereocenters. The van der Waals surface area contributed by atoms with Crippen LogP contribution in [0.3, 0.4) is 0 Å². The van der Waals surface area contributed by atoms with E-state index in [9.17, 15) is 10.1 Å². The molecule has 2 fully saturated rings. The molecule has 0 aromatic carbocycles. The van der Waals surface area contributed by atoms with Crippen LogP contribution in [-0.4, -0.2) is 46.9 Å². The Labute approximate surface area is 127 Å². The largest absolute Gasteiger partial charge is 0.361 e. The summed E-state index contributed by atoms with van der Waals surface area (Å²) in [5.74, 6) is -0.295. The molecule has 2 aliphatic rings. The van der Waals surface area contributed by atoms with Crippen molar-refractivity contribution in [3.8, 4) is 0 Å². The Kier molecular flexibility index (Phi) is 3.95. The monoisotopic (exact) mass is 306 g/mol. The van der Waals surface area contributed by atoms with Crippen molar-refractivity contribution in [2.45, 2.75) is 19.3 Å². The van der Waals surface area contributed by atoms with Gasteiger partial charge in [-0.1, -0.05) is 6.07 Å². The van der Waals surface area contributed by atoms with E-state index in [0.717, 1.165) is 17.5 Å². The predicted molar refractivity (Wildman–Crippen MR) is 77.1 cm³/mol. The minimum Gasteiger partial charge on any atom is -0.361 e. The lowest BCUT2D eigenvalue weighted by Crippen LogP contribution is -2.57. The molecular formula is C14H18N4O4. The highest BCUT2D eigenvalue weighted by atomic mass is 16.7. The van der Waals surface area contributed by atoms with Gasteiger partial charge in [-0.25, -0.2) is 0 Å². The molecule has 22 heavy (non-hydrogen) atoms. The normalized spacial score (nSPS) is 22.0. The summed E-state index contributed by atoms with van der Waals surface area (Å²) in [6.07, 6.45) is 2.69. The highest BCUT2D eigenvalue weighted by molar-refractivity contribution is 5.19. The number of nitro groups is 1. The molecule has 0 saturated carbocycles. The Hall–Kier alpha value is -2.19. The fourth-order valence-electron chi connectivity index (χ4n) is 2.69. The smallest absolute Gasteiger partial charge is 0.274 e. The van der Waals surface area contributed by atoms with Crippen molar-refractivity contribution in [2.24, 2.45) is 0 Å². The Morgan fingerprint density at radius 1 is 1.55 bits per heavy atom. The summed E-state index contributed by atoms with van der Waals surface area (Å²) >= 11 is 0.